The quantitative estimate of drug-likeness (QED) is 0.469. The lowest BCUT2D eigenvalue weighted by Gasteiger charge is -2.32. The van der Waals surface area contributed by atoms with Crippen LogP contribution in [0, 0.1) is 0 Å². The van der Waals surface area contributed by atoms with Gasteiger partial charge in [-0.25, -0.2) is 0 Å². The molecular formula is C28H31NO2. The molecule has 0 aliphatic heterocycles. The van der Waals surface area contributed by atoms with Crippen LogP contribution in [-0.4, -0.2) is 28.0 Å². The smallest absolute Gasteiger partial charge is 0.255 e. The summed E-state index contributed by atoms with van der Waals surface area (Å²) in [4.78, 5) is 15.7. The molecule has 0 aromatic heterocycles. The molecular weight excluding hydrogens is 382 g/mol. The van der Waals surface area contributed by atoms with Crippen molar-refractivity contribution in [1.82, 2.24) is 4.90 Å². The number of benzene rings is 3. The Morgan fingerprint density at radius 3 is 1.94 bits per heavy atom. The molecule has 0 radical (unpaired) electrons. The van der Waals surface area contributed by atoms with E-state index in [9.17, 15) is 9.90 Å². The van der Waals surface area contributed by atoms with Gasteiger partial charge in [0.15, 0.2) is 0 Å². The molecule has 0 spiro atoms. The van der Waals surface area contributed by atoms with Gasteiger partial charge in [-0.1, -0.05) is 91.0 Å². The van der Waals surface area contributed by atoms with Crippen LogP contribution >= 0.6 is 0 Å². The summed E-state index contributed by atoms with van der Waals surface area (Å²) in [7, 11) is 0. The lowest BCUT2D eigenvalue weighted by Crippen LogP contribution is -2.42. The second kappa shape index (κ2) is 10.2. The highest BCUT2D eigenvalue weighted by molar-refractivity contribution is 6.00. The van der Waals surface area contributed by atoms with Crippen molar-refractivity contribution in [2.45, 2.75) is 45.9 Å². The maximum atomic E-state index is 13.8. The Morgan fingerprint density at radius 2 is 1.35 bits per heavy atom. The Kier molecular flexibility index (Phi) is 7.43. The van der Waals surface area contributed by atoms with Gasteiger partial charge in [-0.15, -0.1) is 0 Å². The zero-order valence-corrected chi connectivity index (χ0v) is 18.7. The van der Waals surface area contributed by atoms with E-state index in [0.717, 1.165) is 16.7 Å². The summed E-state index contributed by atoms with van der Waals surface area (Å²) >= 11 is 0. The summed E-state index contributed by atoms with van der Waals surface area (Å²) in [5, 5.41) is 11.2. The maximum absolute atomic E-state index is 13.8. The normalized spacial score (nSPS) is 12.5. The van der Waals surface area contributed by atoms with Crippen LogP contribution in [0.5, 0.6) is 0 Å². The minimum Gasteiger partial charge on any atom is -0.384 e. The van der Waals surface area contributed by atoms with Crippen LogP contribution in [-0.2, 0) is 0 Å². The van der Waals surface area contributed by atoms with Gasteiger partial charge < -0.3 is 10.0 Å². The van der Waals surface area contributed by atoms with Crippen LogP contribution in [0.15, 0.2) is 78.9 Å². The fourth-order valence-corrected chi connectivity index (χ4v) is 3.96. The van der Waals surface area contributed by atoms with Crippen LogP contribution in [0.3, 0.4) is 0 Å². The number of aliphatic hydroxyl groups excluding tert-OH is 1. The van der Waals surface area contributed by atoms with E-state index in [1.54, 1.807) is 0 Å². The fourth-order valence-electron chi connectivity index (χ4n) is 3.96. The molecule has 31 heavy (non-hydrogen) atoms. The van der Waals surface area contributed by atoms with E-state index in [1.807, 2.05) is 124 Å². The van der Waals surface area contributed by atoms with E-state index in [0.29, 0.717) is 11.1 Å². The topological polar surface area (TPSA) is 40.5 Å². The predicted octanol–water partition coefficient (Wildman–Crippen LogP) is 6.20. The number of amides is 1. The second-order valence-corrected chi connectivity index (χ2v) is 8.27. The van der Waals surface area contributed by atoms with Gasteiger partial charge >= 0.3 is 0 Å². The Bertz CT molecular complexity index is 1020. The first-order valence-corrected chi connectivity index (χ1v) is 10.8. The first-order valence-electron chi connectivity index (χ1n) is 10.8. The van der Waals surface area contributed by atoms with Gasteiger partial charge in [-0.05, 0) is 49.9 Å². The van der Waals surface area contributed by atoms with Crippen molar-refractivity contribution in [3.8, 4) is 0 Å². The Hall–Kier alpha value is -3.17. The zero-order valence-electron chi connectivity index (χ0n) is 18.7. The van der Waals surface area contributed by atoms with Gasteiger partial charge in [0.1, 0.15) is 6.10 Å². The first-order chi connectivity index (χ1) is 14.9. The highest BCUT2D eigenvalue weighted by Gasteiger charge is 2.28. The third-order valence-corrected chi connectivity index (χ3v) is 5.35. The molecule has 0 heterocycles. The van der Waals surface area contributed by atoms with Crippen molar-refractivity contribution in [2.24, 2.45) is 0 Å². The van der Waals surface area contributed by atoms with Crippen molar-refractivity contribution in [1.29, 1.82) is 0 Å². The number of hydrogen-bond donors (Lipinski definition) is 1. The number of rotatable bonds is 7. The molecule has 1 N–H and O–H groups in total. The van der Waals surface area contributed by atoms with Crippen LogP contribution in [0.25, 0.3) is 12.2 Å². The third kappa shape index (κ3) is 5.31. The third-order valence-electron chi connectivity index (χ3n) is 5.35. The average Bonchev–Trinajstić information content (AvgIpc) is 2.77. The molecule has 3 aromatic carbocycles. The molecule has 160 valence electrons. The van der Waals surface area contributed by atoms with E-state index in [-0.39, 0.29) is 18.0 Å². The highest BCUT2D eigenvalue weighted by Crippen LogP contribution is 2.30. The monoisotopic (exact) mass is 413 g/mol. The second-order valence-electron chi connectivity index (χ2n) is 8.27. The molecule has 0 unspecified atom stereocenters. The van der Waals surface area contributed by atoms with E-state index < -0.39 is 6.10 Å². The van der Waals surface area contributed by atoms with E-state index in [1.165, 1.54) is 0 Å². The summed E-state index contributed by atoms with van der Waals surface area (Å²) in [5.41, 5.74) is 3.79. The average molecular weight is 414 g/mol. The van der Waals surface area contributed by atoms with Crippen molar-refractivity contribution in [3.05, 3.63) is 107 Å². The minimum absolute atomic E-state index is 0.0420. The molecule has 0 aliphatic carbocycles. The molecule has 0 saturated carbocycles. The van der Waals surface area contributed by atoms with Gasteiger partial charge in [0, 0.05) is 12.1 Å². The summed E-state index contributed by atoms with van der Waals surface area (Å²) in [6.45, 7) is 8.09. The molecule has 3 aromatic rings. The van der Waals surface area contributed by atoms with E-state index >= 15 is 0 Å². The molecule has 1 amide bonds. The van der Waals surface area contributed by atoms with Crippen molar-refractivity contribution in [2.75, 3.05) is 0 Å². The van der Waals surface area contributed by atoms with Crippen LogP contribution in [0.2, 0.25) is 0 Å². The highest BCUT2D eigenvalue weighted by atomic mass is 16.3. The molecule has 3 nitrogen and oxygen atoms in total. The molecule has 0 aliphatic rings. The van der Waals surface area contributed by atoms with Gasteiger partial charge in [-0.2, -0.15) is 0 Å². The first kappa shape index (κ1) is 22.5. The lowest BCUT2D eigenvalue weighted by molar-refractivity contribution is 0.0638. The zero-order chi connectivity index (χ0) is 22.4. The fraction of sp³-hybridized carbons (Fsp3) is 0.250. The summed E-state index contributed by atoms with van der Waals surface area (Å²) in [6.07, 6.45) is 3.08. The molecule has 3 rings (SSSR count). The van der Waals surface area contributed by atoms with Gasteiger partial charge in [-0.3, -0.25) is 4.79 Å². The van der Waals surface area contributed by atoms with E-state index in [2.05, 4.69) is 0 Å². The number of carbonyl (C=O) groups excluding carboxylic acids is 1. The van der Waals surface area contributed by atoms with Gasteiger partial charge in [0.05, 0.1) is 5.56 Å². The summed E-state index contributed by atoms with van der Waals surface area (Å²) < 4.78 is 0. The Balaban J connectivity index is 2.15. The SMILES string of the molecule is CC(C)N(C(=O)c1c(/C=C/c2ccccc2)cccc1[C@@H](O)c1ccccc1)C(C)C. The largest absolute Gasteiger partial charge is 0.384 e. The minimum atomic E-state index is -0.883. The van der Waals surface area contributed by atoms with E-state index in [4.69, 9.17) is 0 Å². The predicted molar refractivity (Wildman–Crippen MR) is 129 cm³/mol. The molecule has 0 saturated heterocycles. The number of hydrogen-bond acceptors (Lipinski definition) is 2. The molecule has 1 atom stereocenters. The van der Waals surface area contributed by atoms with Crippen LogP contribution < -0.4 is 0 Å². The van der Waals surface area contributed by atoms with Gasteiger partial charge in [0.2, 0.25) is 0 Å². The lowest BCUT2D eigenvalue weighted by atomic mass is 9.91. The van der Waals surface area contributed by atoms with Gasteiger partial charge in [0.25, 0.3) is 5.91 Å². The summed E-state index contributed by atoms with van der Waals surface area (Å²) in [5.74, 6) is -0.0664. The maximum Gasteiger partial charge on any atom is 0.255 e. The summed E-state index contributed by atoms with van der Waals surface area (Å²) in [6, 6.07) is 25.2. The molecule has 0 fully saturated rings. The number of aliphatic hydroxyl groups is 1. The standard InChI is InChI=1S/C28H31NO2/c1-20(2)29(21(3)4)28(31)26-23(19-18-22-12-7-5-8-13-22)16-11-17-25(26)27(30)24-14-9-6-10-15-24/h5-21,27,30H,1-4H3/b19-18+/t27-/m0/s1. The van der Waals surface area contributed by atoms with Crippen molar-refractivity contribution in [3.63, 3.8) is 0 Å². The number of carbonyl (C=O) groups is 1. The Morgan fingerprint density at radius 1 is 0.774 bits per heavy atom. The molecule has 3 heteroatoms. The van der Waals surface area contributed by atoms with Crippen LogP contribution in [0.1, 0.15) is 66.4 Å². The van der Waals surface area contributed by atoms with Crippen LogP contribution in [0.4, 0.5) is 0 Å². The number of nitrogens with zero attached hydrogens (tertiary/aromatic N) is 1. The Labute approximate surface area is 185 Å². The van der Waals surface area contributed by atoms with Crippen molar-refractivity contribution < 1.29 is 9.90 Å². The van der Waals surface area contributed by atoms with Crippen molar-refractivity contribution >= 4 is 18.1 Å². The molecule has 0 bridgehead atoms.